The zero-order valence-electron chi connectivity index (χ0n) is 15.9. The molecule has 2 rings (SSSR count). The number of carbonyl (C=O) groups excluding carboxylic acids is 1. The van der Waals surface area contributed by atoms with Gasteiger partial charge in [0.1, 0.15) is 0 Å². The maximum absolute atomic E-state index is 12.4. The third-order valence-electron chi connectivity index (χ3n) is 4.15. The maximum Gasteiger partial charge on any atom is 0.270 e. The summed E-state index contributed by atoms with van der Waals surface area (Å²) in [6.45, 7) is 2.45. The summed E-state index contributed by atoms with van der Waals surface area (Å²) in [6.07, 6.45) is 3.86. The van der Waals surface area contributed by atoms with Gasteiger partial charge in [-0.25, -0.2) is 13.1 Å². The van der Waals surface area contributed by atoms with Gasteiger partial charge in [-0.05, 0) is 36.8 Å². The smallest absolute Gasteiger partial charge is 0.270 e. The highest BCUT2D eigenvalue weighted by atomic mass is 35.5. The van der Waals surface area contributed by atoms with Crippen LogP contribution < -0.4 is 10.0 Å². The van der Waals surface area contributed by atoms with Crippen LogP contribution in [0.15, 0.2) is 47.4 Å². The molecule has 8 nitrogen and oxygen atoms in total. The molecule has 0 saturated heterocycles. The average Bonchev–Trinajstić information content (AvgIpc) is 2.68. The number of nitro groups is 1. The van der Waals surface area contributed by atoms with Crippen molar-refractivity contribution in [2.75, 3.05) is 11.9 Å². The molecule has 29 heavy (non-hydrogen) atoms. The molecule has 1 amide bonds. The van der Waals surface area contributed by atoms with Crippen molar-refractivity contribution in [1.82, 2.24) is 4.72 Å². The first-order valence-electron chi connectivity index (χ1n) is 9.09. The largest absolute Gasteiger partial charge is 0.322 e. The molecule has 0 radical (unpaired) electrons. The highest BCUT2D eigenvalue weighted by Gasteiger charge is 2.17. The van der Waals surface area contributed by atoms with Gasteiger partial charge in [-0.15, -0.1) is 0 Å². The molecule has 0 unspecified atom stereocenters. The molecule has 0 aliphatic rings. The molecular weight excluding hydrogens is 418 g/mol. The highest BCUT2D eigenvalue weighted by molar-refractivity contribution is 7.89. The average molecular weight is 440 g/mol. The number of amides is 1. The number of sulfonamides is 1. The minimum absolute atomic E-state index is 0.0497. The fourth-order valence-corrected chi connectivity index (χ4v) is 3.84. The van der Waals surface area contributed by atoms with Crippen LogP contribution in [0.1, 0.15) is 43.0 Å². The summed E-state index contributed by atoms with van der Waals surface area (Å²) in [4.78, 5) is 22.7. The molecule has 2 aromatic rings. The molecule has 0 fully saturated rings. The molecule has 2 aromatic carbocycles. The van der Waals surface area contributed by atoms with Gasteiger partial charge in [0.2, 0.25) is 10.0 Å². The predicted molar refractivity (Wildman–Crippen MR) is 112 cm³/mol. The molecule has 0 heterocycles. The minimum atomic E-state index is -3.63. The Kier molecular flexibility index (Phi) is 8.12. The molecule has 2 N–H and O–H groups in total. The molecule has 0 aromatic heterocycles. The number of anilines is 1. The lowest BCUT2D eigenvalue weighted by Gasteiger charge is -2.09. The summed E-state index contributed by atoms with van der Waals surface area (Å²) in [5.74, 6) is -0.636. The molecule has 10 heteroatoms. The third kappa shape index (κ3) is 6.52. The number of carbonyl (C=O) groups is 1. The summed E-state index contributed by atoms with van der Waals surface area (Å²) in [7, 11) is -3.63. The first-order valence-corrected chi connectivity index (χ1v) is 11.0. The first-order chi connectivity index (χ1) is 13.7. The third-order valence-corrected chi connectivity index (χ3v) is 5.96. The lowest BCUT2D eigenvalue weighted by Crippen LogP contribution is -2.24. The van der Waals surface area contributed by atoms with E-state index in [0.29, 0.717) is 12.2 Å². The number of unbranched alkanes of at least 4 members (excludes halogenated alkanes) is 3. The van der Waals surface area contributed by atoms with Crippen LogP contribution in [-0.4, -0.2) is 25.8 Å². The second kappa shape index (κ2) is 10.3. The molecule has 0 aliphatic heterocycles. The standard InChI is InChI=1S/C19H22ClN3O5S/c1-2-3-4-5-12-21-29(27,28)16-9-6-14(7-10-16)22-19(24)17-13-15(23(25)26)8-11-18(17)20/h6-11,13,21H,2-5,12H2,1H3,(H,22,24). The van der Waals surface area contributed by atoms with E-state index in [-0.39, 0.29) is 21.2 Å². The van der Waals surface area contributed by atoms with Crippen molar-refractivity contribution in [2.45, 2.75) is 37.5 Å². The molecule has 0 aliphatic carbocycles. The molecule has 156 valence electrons. The number of hydrogen-bond donors (Lipinski definition) is 2. The zero-order valence-corrected chi connectivity index (χ0v) is 17.4. The van der Waals surface area contributed by atoms with Gasteiger partial charge in [-0.1, -0.05) is 37.8 Å². The van der Waals surface area contributed by atoms with E-state index >= 15 is 0 Å². The van der Waals surface area contributed by atoms with Crippen molar-refractivity contribution >= 4 is 38.9 Å². The number of rotatable bonds is 10. The van der Waals surface area contributed by atoms with Gasteiger partial charge in [-0.2, -0.15) is 0 Å². The van der Waals surface area contributed by atoms with Crippen LogP contribution >= 0.6 is 11.6 Å². The molecule has 0 spiro atoms. The number of nitro benzene ring substituents is 1. The SMILES string of the molecule is CCCCCCNS(=O)(=O)c1ccc(NC(=O)c2cc([N+](=O)[O-])ccc2Cl)cc1. The summed E-state index contributed by atoms with van der Waals surface area (Å²) in [6, 6.07) is 9.19. The number of non-ortho nitro benzene ring substituents is 1. The maximum atomic E-state index is 12.4. The Morgan fingerprint density at radius 3 is 2.41 bits per heavy atom. The number of nitrogens with zero attached hydrogens (tertiary/aromatic N) is 1. The number of nitrogens with one attached hydrogen (secondary N) is 2. The second-order valence-corrected chi connectivity index (χ2v) is 8.53. The predicted octanol–water partition coefficient (Wildman–Crippen LogP) is 4.36. The van der Waals surface area contributed by atoms with Gasteiger partial charge in [0, 0.05) is 24.4 Å². The van der Waals surface area contributed by atoms with E-state index in [4.69, 9.17) is 11.6 Å². The lowest BCUT2D eigenvalue weighted by atomic mass is 10.2. The fraction of sp³-hybridized carbons (Fsp3) is 0.316. The Morgan fingerprint density at radius 1 is 1.10 bits per heavy atom. The van der Waals surface area contributed by atoms with E-state index in [1.165, 1.54) is 36.4 Å². The van der Waals surface area contributed by atoms with Gasteiger partial charge < -0.3 is 5.32 Å². The van der Waals surface area contributed by atoms with Crippen molar-refractivity contribution < 1.29 is 18.1 Å². The quantitative estimate of drug-likeness (QED) is 0.324. The van der Waals surface area contributed by atoms with Crippen molar-refractivity contribution in [3.63, 3.8) is 0 Å². The first kappa shape index (κ1) is 22.8. The number of benzene rings is 2. The number of halogens is 1. The van der Waals surface area contributed by atoms with Crippen LogP contribution in [-0.2, 0) is 10.0 Å². The molecule has 0 saturated carbocycles. The Balaban J connectivity index is 2.04. The van der Waals surface area contributed by atoms with Crippen LogP contribution in [0.2, 0.25) is 5.02 Å². The number of hydrogen-bond acceptors (Lipinski definition) is 5. The van der Waals surface area contributed by atoms with Gasteiger partial charge >= 0.3 is 0 Å². The van der Waals surface area contributed by atoms with Gasteiger partial charge in [0.05, 0.1) is 20.4 Å². The topological polar surface area (TPSA) is 118 Å². The zero-order chi connectivity index (χ0) is 21.4. The molecule has 0 bridgehead atoms. The van der Waals surface area contributed by atoms with Gasteiger partial charge in [0.25, 0.3) is 11.6 Å². The summed E-state index contributed by atoms with van der Waals surface area (Å²) >= 11 is 5.96. The Hall–Kier alpha value is -2.49. The van der Waals surface area contributed by atoms with E-state index in [1.54, 1.807) is 0 Å². The Morgan fingerprint density at radius 2 is 1.79 bits per heavy atom. The Bertz CT molecular complexity index is 978. The lowest BCUT2D eigenvalue weighted by molar-refractivity contribution is -0.384. The molecule has 0 atom stereocenters. The molecular formula is C19H22ClN3O5S. The summed E-state index contributed by atoms with van der Waals surface area (Å²) < 4.78 is 27.1. The van der Waals surface area contributed by atoms with Crippen LogP contribution in [0.4, 0.5) is 11.4 Å². The van der Waals surface area contributed by atoms with E-state index in [2.05, 4.69) is 17.0 Å². The Labute approximate surface area is 174 Å². The van der Waals surface area contributed by atoms with Gasteiger partial charge in [0.15, 0.2) is 0 Å². The fourth-order valence-electron chi connectivity index (χ4n) is 2.56. The van der Waals surface area contributed by atoms with Crippen molar-refractivity contribution in [2.24, 2.45) is 0 Å². The van der Waals surface area contributed by atoms with E-state index in [0.717, 1.165) is 31.7 Å². The monoisotopic (exact) mass is 439 g/mol. The van der Waals surface area contributed by atoms with Crippen molar-refractivity contribution in [3.05, 3.63) is 63.2 Å². The van der Waals surface area contributed by atoms with E-state index in [1.807, 2.05) is 0 Å². The van der Waals surface area contributed by atoms with Crippen molar-refractivity contribution in [3.8, 4) is 0 Å². The second-order valence-electron chi connectivity index (χ2n) is 6.36. The van der Waals surface area contributed by atoms with E-state index < -0.39 is 20.9 Å². The normalized spacial score (nSPS) is 11.2. The highest BCUT2D eigenvalue weighted by Crippen LogP contribution is 2.23. The van der Waals surface area contributed by atoms with Crippen LogP contribution in [0, 0.1) is 10.1 Å². The summed E-state index contributed by atoms with van der Waals surface area (Å²) in [5, 5.41) is 13.5. The van der Waals surface area contributed by atoms with Crippen LogP contribution in [0.5, 0.6) is 0 Å². The minimum Gasteiger partial charge on any atom is -0.322 e. The van der Waals surface area contributed by atoms with Crippen LogP contribution in [0.3, 0.4) is 0 Å². The van der Waals surface area contributed by atoms with Gasteiger partial charge in [-0.3, -0.25) is 14.9 Å². The summed E-state index contributed by atoms with van der Waals surface area (Å²) in [5.41, 5.74) is 0.0248. The van der Waals surface area contributed by atoms with Crippen LogP contribution in [0.25, 0.3) is 0 Å². The van der Waals surface area contributed by atoms with E-state index in [9.17, 15) is 23.3 Å². The van der Waals surface area contributed by atoms with Crippen molar-refractivity contribution in [1.29, 1.82) is 0 Å².